The Labute approximate surface area is 175 Å². The minimum Gasteiger partial charge on any atom is -0.497 e. The van der Waals surface area contributed by atoms with Crippen molar-refractivity contribution in [2.45, 2.75) is 6.42 Å². The minimum absolute atomic E-state index is 0.168. The highest BCUT2D eigenvalue weighted by atomic mass is 19.1. The summed E-state index contributed by atoms with van der Waals surface area (Å²) in [6.07, 6.45) is -0.168. The number of nitrogens with one attached hydrogen (secondary N) is 2. The molecule has 2 aromatic heterocycles. The van der Waals surface area contributed by atoms with Gasteiger partial charge in [0.25, 0.3) is 5.56 Å². The number of fused-ring (bicyclic) bond motifs is 1. The molecule has 0 aliphatic heterocycles. The Morgan fingerprint density at radius 1 is 1.13 bits per heavy atom. The molecule has 31 heavy (non-hydrogen) atoms. The number of rotatable bonds is 6. The van der Waals surface area contributed by atoms with Crippen LogP contribution in [0.4, 0.5) is 10.1 Å². The van der Waals surface area contributed by atoms with Gasteiger partial charge in [0.05, 0.1) is 32.0 Å². The SMILES string of the molecule is COc1ccc(OC)c(NC(=O)Cc2n[nH]c(=O)c3cc(-c4ccc(F)cc4)nn23)c1. The second-order valence-corrected chi connectivity index (χ2v) is 6.59. The van der Waals surface area contributed by atoms with Gasteiger partial charge in [0.15, 0.2) is 5.82 Å². The first-order chi connectivity index (χ1) is 15.0. The number of hydrogen-bond acceptors (Lipinski definition) is 6. The maximum atomic E-state index is 13.2. The second kappa shape index (κ2) is 8.27. The van der Waals surface area contributed by atoms with Crippen LogP contribution in [0.3, 0.4) is 0 Å². The van der Waals surface area contributed by atoms with Gasteiger partial charge in [-0.1, -0.05) is 0 Å². The van der Waals surface area contributed by atoms with Crippen molar-refractivity contribution in [3.63, 3.8) is 0 Å². The molecule has 0 atom stereocenters. The number of halogens is 1. The third-order valence-corrected chi connectivity index (χ3v) is 4.61. The fraction of sp³-hybridized carbons (Fsp3) is 0.143. The van der Waals surface area contributed by atoms with E-state index in [4.69, 9.17) is 9.47 Å². The Kier molecular flexibility index (Phi) is 5.35. The molecule has 0 aliphatic rings. The summed E-state index contributed by atoms with van der Waals surface area (Å²) in [7, 11) is 3.01. The Balaban J connectivity index is 1.64. The molecule has 2 N–H and O–H groups in total. The monoisotopic (exact) mass is 423 g/mol. The van der Waals surface area contributed by atoms with Crippen molar-refractivity contribution in [3.05, 3.63) is 70.5 Å². The van der Waals surface area contributed by atoms with Crippen molar-refractivity contribution in [1.82, 2.24) is 19.8 Å². The summed E-state index contributed by atoms with van der Waals surface area (Å²) in [6, 6.07) is 12.3. The molecule has 0 aliphatic carbocycles. The van der Waals surface area contributed by atoms with Crippen molar-refractivity contribution < 1.29 is 18.7 Å². The lowest BCUT2D eigenvalue weighted by molar-refractivity contribution is -0.115. The van der Waals surface area contributed by atoms with Crippen LogP contribution in [0.15, 0.2) is 53.3 Å². The Bertz CT molecular complexity index is 1310. The van der Waals surface area contributed by atoms with Crippen molar-refractivity contribution in [1.29, 1.82) is 0 Å². The van der Waals surface area contributed by atoms with E-state index in [0.717, 1.165) is 0 Å². The van der Waals surface area contributed by atoms with Crippen LogP contribution in [-0.4, -0.2) is 39.9 Å². The van der Waals surface area contributed by atoms with Crippen molar-refractivity contribution in [3.8, 4) is 22.8 Å². The molecule has 158 valence electrons. The molecule has 2 aromatic carbocycles. The van der Waals surface area contributed by atoms with Crippen LogP contribution in [0.1, 0.15) is 5.82 Å². The molecule has 1 amide bonds. The summed E-state index contributed by atoms with van der Waals surface area (Å²) >= 11 is 0. The molecule has 0 unspecified atom stereocenters. The van der Waals surface area contributed by atoms with E-state index >= 15 is 0 Å². The number of carbonyl (C=O) groups is 1. The van der Waals surface area contributed by atoms with Crippen LogP contribution >= 0.6 is 0 Å². The van der Waals surface area contributed by atoms with Crippen LogP contribution in [-0.2, 0) is 11.2 Å². The zero-order valence-corrected chi connectivity index (χ0v) is 16.7. The van der Waals surface area contributed by atoms with E-state index in [0.29, 0.717) is 28.4 Å². The number of amides is 1. The van der Waals surface area contributed by atoms with Gasteiger partial charge in [-0.25, -0.2) is 14.0 Å². The van der Waals surface area contributed by atoms with Gasteiger partial charge in [-0.2, -0.15) is 10.2 Å². The first-order valence-corrected chi connectivity index (χ1v) is 9.23. The molecular formula is C21H18FN5O4. The van der Waals surface area contributed by atoms with Crippen molar-refractivity contribution in [2.75, 3.05) is 19.5 Å². The maximum Gasteiger partial charge on any atom is 0.290 e. The van der Waals surface area contributed by atoms with Gasteiger partial charge < -0.3 is 14.8 Å². The van der Waals surface area contributed by atoms with E-state index in [2.05, 4.69) is 20.6 Å². The predicted octanol–water partition coefficient (Wildman–Crippen LogP) is 2.42. The molecule has 0 saturated heterocycles. The highest BCUT2D eigenvalue weighted by Gasteiger charge is 2.16. The van der Waals surface area contributed by atoms with E-state index in [9.17, 15) is 14.0 Å². The molecule has 0 radical (unpaired) electrons. The number of ether oxygens (including phenoxy) is 2. The smallest absolute Gasteiger partial charge is 0.290 e. The number of benzene rings is 2. The van der Waals surface area contributed by atoms with E-state index in [1.165, 1.54) is 30.9 Å². The fourth-order valence-electron chi connectivity index (χ4n) is 3.09. The highest BCUT2D eigenvalue weighted by Crippen LogP contribution is 2.29. The normalized spacial score (nSPS) is 10.8. The number of aromatic nitrogens is 4. The van der Waals surface area contributed by atoms with Gasteiger partial charge in [0.2, 0.25) is 5.91 Å². The van der Waals surface area contributed by atoms with Gasteiger partial charge in [0.1, 0.15) is 22.8 Å². The Morgan fingerprint density at radius 2 is 1.90 bits per heavy atom. The first-order valence-electron chi connectivity index (χ1n) is 9.23. The third-order valence-electron chi connectivity index (χ3n) is 4.61. The van der Waals surface area contributed by atoms with Crippen LogP contribution in [0.25, 0.3) is 16.8 Å². The molecule has 9 nitrogen and oxygen atoms in total. The van der Waals surface area contributed by atoms with Crippen LogP contribution in [0, 0.1) is 5.82 Å². The van der Waals surface area contributed by atoms with Crippen LogP contribution < -0.4 is 20.3 Å². The standard InChI is InChI=1S/C21H18FN5O4/c1-30-14-7-8-18(31-2)16(9-14)23-20(28)11-19-24-25-21(29)17-10-15(26-27(17)19)12-3-5-13(22)6-4-12/h3-10H,11H2,1-2H3,(H,23,28)(H,25,29). The van der Waals surface area contributed by atoms with E-state index < -0.39 is 11.5 Å². The van der Waals surface area contributed by atoms with Gasteiger partial charge >= 0.3 is 0 Å². The lowest BCUT2D eigenvalue weighted by Gasteiger charge is -2.11. The van der Waals surface area contributed by atoms with Gasteiger partial charge in [-0.15, -0.1) is 0 Å². The lowest BCUT2D eigenvalue weighted by atomic mass is 10.1. The molecule has 0 spiro atoms. The summed E-state index contributed by atoms with van der Waals surface area (Å²) in [5.41, 5.74) is 1.27. The molecule has 10 heteroatoms. The third kappa shape index (κ3) is 4.08. The van der Waals surface area contributed by atoms with Crippen molar-refractivity contribution >= 4 is 17.1 Å². The zero-order chi connectivity index (χ0) is 22.0. The number of hydrogen-bond donors (Lipinski definition) is 2. The summed E-state index contributed by atoms with van der Waals surface area (Å²) < 4.78 is 25.0. The molecule has 4 aromatic rings. The topological polar surface area (TPSA) is 111 Å². The number of methoxy groups -OCH3 is 2. The fourth-order valence-corrected chi connectivity index (χ4v) is 3.09. The molecule has 4 rings (SSSR count). The Hall–Kier alpha value is -4.21. The first kappa shape index (κ1) is 20.1. The maximum absolute atomic E-state index is 13.2. The predicted molar refractivity (Wildman–Crippen MR) is 111 cm³/mol. The number of nitrogens with zero attached hydrogens (tertiary/aromatic N) is 3. The second-order valence-electron chi connectivity index (χ2n) is 6.59. The zero-order valence-electron chi connectivity index (χ0n) is 16.7. The average Bonchev–Trinajstić information content (AvgIpc) is 3.23. The summed E-state index contributed by atoms with van der Waals surface area (Å²) in [5, 5.41) is 13.5. The van der Waals surface area contributed by atoms with Gasteiger partial charge in [-0.05, 0) is 42.5 Å². The average molecular weight is 423 g/mol. The van der Waals surface area contributed by atoms with E-state index in [1.807, 2.05) is 0 Å². The molecular weight excluding hydrogens is 405 g/mol. The summed E-state index contributed by atoms with van der Waals surface area (Å²) in [6.45, 7) is 0. The van der Waals surface area contributed by atoms with Crippen molar-refractivity contribution in [2.24, 2.45) is 0 Å². The molecule has 0 saturated carbocycles. The van der Waals surface area contributed by atoms with E-state index in [1.54, 1.807) is 36.4 Å². The van der Waals surface area contributed by atoms with E-state index in [-0.39, 0.29) is 23.6 Å². The van der Waals surface area contributed by atoms with Crippen LogP contribution in [0.2, 0.25) is 0 Å². The van der Waals surface area contributed by atoms with Gasteiger partial charge in [0, 0.05) is 11.6 Å². The number of H-pyrrole nitrogens is 1. The van der Waals surface area contributed by atoms with Gasteiger partial charge in [-0.3, -0.25) is 9.59 Å². The Morgan fingerprint density at radius 3 is 2.61 bits per heavy atom. The molecule has 2 heterocycles. The molecule has 0 bridgehead atoms. The molecule has 0 fully saturated rings. The highest BCUT2D eigenvalue weighted by molar-refractivity contribution is 5.93. The lowest BCUT2D eigenvalue weighted by Crippen LogP contribution is -2.22. The van der Waals surface area contributed by atoms with Crippen LogP contribution in [0.5, 0.6) is 11.5 Å². The summed E-state index contributed by atoms with van der Waals surface area (Å²) in [5.74, 6) is 0.467. The number of anilines is 1. The quantitative estimate of drug-likeness (QED) is 0.493. The largest absolute Gasteiger partial charge is 0.497 e. The number of aromatic amines is 1. The minimum atomic E-state index is -0.459. The number of carbonyl (C=O) groups excluding carboxylic acids is 1. The summed E-state index contributed by atoms with van der Waals surface area (Å²) in [4.78, 5) is 24.9.